The molecule has 0 saturated carbocycles. The predicted octanol–water partition coefficient (Wildman–Crippen LogP) is 3.51. The molecule has 6 heteroatoms. The van der Waals surface area contributed by atoms with Crippen molar-refractivity contribution in [1.82, 2.24) is 15.0 Å². The molecule has 1 aromatic heterocycles. The summed E-state index contributed by atoms with van der Waals surface area (Å²) in [6.45, 7) is 2.22. The number of anilines is 1. The Balaban J connectivity index is 1.32. The van der Waals surface area contributed by atoms with Crippen LogP contribution in [0.15, 0.2) is 65.2 Å². The van der Waals surface area contributed by atoms with Crippen molar-refractivity contribution in [1.29, 1.82) is 0 Å². The van der Waals surface area contributed by atoms with E-state index < -0.39 is 0 Å². The molecule has 0 bridgehead atoms. The summed E-state index contributed by atoms with van der Waals surface area (Å²) in [6, 6.07) is 19.7. The van der Waals surface area contributed by atoms with Gasteiger partial charge in [-0.1, -0.05) is 53.7 Å². The third-order valence-electron chi connectivity index (χ3n) is 4.99. The second kappa shape index (κ2) is 8.80. The zero-order valence-electron chi connectivity index (χ0n) is 15.8. The normalized spacial score (nSPS) is 17.4. The van der Waals surface area contributed by atoms with E-state index in [0.29, 0.717) is 31.2 Å². The van der Waals surface area contributed by atoms with Crippen molar-refractivity contribution in [3.63, 3.8) is 0 Å². The largest absolute Gasteiger partial charge is 0.338 e. The van der Waals surface area contributed by atoms with Gasteiger partial charge in [0.1, 0.15) is 0 Å². The molecule has 0 aliphatic carbocycles. The Kier molecular flexibility index (Phi) is 5.77. The van der Waals surface area contributed by atoms with Crippen LogP contribution in [0.4, 0.5) is 5.69 Å². The Morgan fingerprint density at radius 1 is 1.11 bits per heavy atom. The van der Waals surface area contributed by atoms with Gasteiger partial charge in [0, 0.05) is 18.7 Å². The molecular weight excluding hydrogens is 352 g/mol. The van der Waals surface area contributed by atoms with Gasteiger partial charge in [-0.05, 0) is 37.1 Å². The first-order valence-electron chi connectivity index (χ1n) is 9.70. The highest BCUT2D eigenvalue weighted by atomic mass is 16.5. The molecule has 2 aromatic carbocycles. The number of rotatable bonds is 6. The highest BCUT2D eigenvalue weighted by Crippen LogP contribution is 2.20. The lowest BCUT2D eigenvalue weighted by Gasteiger charge is -2.30. The molecule has 1 aliphatic heterocycles. The summed E-state index contributed by atoms with van der Waals surface area (Å²) >= 11 is 0. The number of para-hydroxylation sites is 1. The Hall–Kier alpha value is -2.99. The van der Waals surface area contributed by atoms with Crippen LogP contribution in [0.5, 0.6) is 0 Å². The standard InChI is InChI=1S/C22H24N4O2/c27-22(23-19-11-5-2-6-12-19)18-10-7-13-26(15-18)16-21-24-20(25-28-21)14-17-8-3-1-4-9-17/h1-6,8-9,11-12,18H,7,10,13-16H2,(H,23,27)/t18-/m0/s1. The third kappa shape index (κ3) is 4.84. The number of likely N-dealkylation sites (tertiary alicyclic amines) is 1. The quantitative estimate of drug-likeness (QED) is 0.713. The van der Waals surface area contributed by atoms with Gasteiger partial charge in [0.2, 0.25) is 11.8 Å². The van der Waals surface area contributed by atoms with E-state index in [1.54, 1.807) is 0 Å². The molecule has 0 radical (unpaired) electrons. The minimum absolute atomic E-state index is 0.0272. The van der Waals surface area contributed by atoms with E-state index in [4.69, 9.17) is 4.52 Å². The SMILES string of the molecule is O=C(Nc1ccccc1)[C@H]1CCCN(Cc2nc(Cc3ccccc3)no2)C1. The van der Waals surface area contributed by atoms with Gasteiger partial charge in [-0.2, -0.15) is 4.98 Å². The Bertz CT molecular complexity index is 895. The van der Waals surface area contributed by atoms with Gasteiger partial charge in [-0.25, -0.2) is 0 Å². The van der Waals surface area contributed by atoms with Crippen LogP contribution in [-0.2, 0) is 17.8 Å². The molecule has 1 amide bonds. The fourth-order valence-corrected chi connectivity index (χ4v) is 3.57. The highest BCUT2D eigenvalue weighted by Gasteiger charge is 2.27. The zero-order chi connectivity index (χ0) is 19.2. The lowest BCUT2D eigenvalue weighted by atomic mass is 9.97. The molecule has 0 spiro atoms. The van der Waals surface area contributed by atoms with Gasteiger partial charge in [0.05, 0.1) is 12.5 Å². The number of hydrogen-bond donors (Lipinski definition) is 1. The number of carbonyl (C=O) groups excluding carboxylic acids is 1. The molecule has 4 rings (SSSR count). The fraction of sp³-hybridized carbons (Fsp3) is 0.318. The molecule has 144 valence electrons. The first-order chi connectivity index (χ1) is 13.8. The smallest absolute Gasteiger partial charge is 0.240 e. The maximum atomic E-state index is 12.6. The van der Waals surface area contributed by atoms with Crippen LogP contribution in [-0.4, -0.2) is 34.0 Å². The van der Waals surface area contributed by atoms with E-state index in [0.717, 1.165) is 30.6 Å². The van der Waals surface area contributed by atoms with Crippen molar-refractivity contribution in [2.24, 2.45) is 5.92 Å². The van der Waals surface area contributed by atoms with E-state index in [1.165, 1.54) is 0 Å². The summed E-state index contributed by atoms with van der Waals surface area (Å²) in [5, 5.41) is 7.11. The van der Waals surface area contributed by atoms with Crippen molar-refractivity contribution in [2.45, 2.75) is 25.8 Å². The average Bonchev–Trinajstić information content (AvgIpc) is 3.16. The Labute approximate surface area is 164 Å². The van der Waals surface area contributed by atoms with E-state index >= 15 is 0 Å². The van der Waals surface area contributed by atoms with Crippen LogP contribution < -0.4 is 5.32 Å². The molecule has 1 atom stereocenters. The van der Waals surface area contributed by atoms with Crippen LogP contribution in [0.2, 0.25) is 0 Å². The van der Waals surface area contributed by atoms with Crippen molar-refractivity contribution in [3.05, 3.63) is 77.9 Å². The molecule has 3 aromatic rings. The molecular formula is C22H24N4O2. The summed E-state index contributed by atoms with van der Waals surface area (Å²) < 4.78 is 5.43. The Morgan fingerprint density at radius 2 is 1.86 bits per heavy atom. The Morgan fingerprint density at radius 3 is 2.64 bits per heavy atom. The summed E-state index contributed by atoms with van der Waals surface area (Å²) in [5.74, 6) is 1.35. The first-order valence-corrected chi connectivity index (χ1v) is 9.70. The maximum Gasteiger partial charge on any atom is 0.240 e. The number of piperidine rings is 1. The van der Waals surface area contributed by atoms with Crippen LogP contribution in [0.1, 0.15) is 30.1 Å². The molecule has 1 aliphatic rings. The minimum Gasteiger partial charge on any atom is -0.338 e. The van der Waals surface area contributed by atoms with Crippen molar-refractivity contribution < 1.29 is 9.32 Å². The van der Waals surface area contributed by atoms with Crippen LogP contribution in [0.3, 0.4) is 0 Å². The number of nitrogens with zero attached hydrogens (tertiary/aromatic N) is 3. The van der Waals surface area contributed by atoms with Gasteiger partial charge in [0.25, 0.3) is 0 Å². The van der Waals surface area contributed by atoms with E-state index in [1.807, 2.05) is 48.5 Å². The maximum absolute atomic E-state index is 12.6. The summed E-state index contributed by atoms with van der Waals surface area (Å²) in [6.07, 6.45) is 2.54. The lowest BCUT2D eigenvalue weighted by Crippen LogP contribution is -2.40. The summed E-state index contributed by atoms with van der Waals surface area (Å²) in [5.41, 5.74) is 2.00. The van der Waals surface area contributed by atoms with Crippen LogP contribution >= 0.6 is 0 Å². The van der Waals surface area contributed by atoms with Gasteiger partial charge >= 0.3 is 0 Å². The molecule has 2 heterocycles. The number of hydrogen-bond acceptors (Lipinski definition) is 5. The van der Waals surface area contributed by atoms with E-state index in [2.05, 4.69) is 32.5 Å². The zero-order valence-corrected chi connectivity index (χ0v) is 15.8. The summed E-state index contributed by atoms with van der Waals surface area (Å²) in [4.78, 5) is 19.3. The minimum atomic E-state index is -0.0272. The molecule has 28 heavy (non-hydrogen) atoms. The van der Waals surface area contributed by atoms with Crippen molar-refractivity contribution in [3.8, 4) is 0 Å². The number of carbonyl (C=O) groups is 1. The molecule has 0 unspecified atom stereocenters. The molecule has 6 nitrogen and oxygen atoms in total. The van der Waals surface area contributed by atoms with Crippen LogP contribution in [0, 0.1) is 5.92 Å². The second-order valence-electron chi connectivity index (χ2n) is 7.20. The van der Waals surface area contributed by atoms with Crippen LogP contribution in [0.25, 0.3) is 0 Å². The topological polar surface area (TPSA) is 71.3 Å². The van der Waals surface area contributed by atoms with E-state index in [9.17, 15) is 4.79 Å². The van der Waals surface area contributed by atoms with Gasteiger partial charge in [0.15, 0.2) is 5.82 Å². The second-order valence-corrected chi connectivity index (χ2v) is 7.20. The third-order valence-corrected chi connectivity index (χ3v) is 4.99. The predicted molar refractivity (Wildman–Crippen MR) is 107 cm³/mol. The average molecular weight is 376 g/mol. The van der Waals surface area contributed by atoms with E-state index in [-0.39, 0.29) is 11.8 Å². The molecule has 1 fully saturated rings. The number of benzene rings is 2. The van der Waals surface area contributed by atoms with Crippen molar-refractivity contribution in [2.75, 3.05) is 18.4 Å². The number of amides is 1. The van der Waals surface area contributed by atoms with Gasteiger partial charge < -0.3 is 9.84 Å². The first kappa shape index (κ1) is 18.4. The monoisotopic (exact) mass is 376 g/mol. The molecule has 1 N–H and O–H groups in total. The summed E-state index contributed by atoms with van der Waals surface area (Å²) in [7, 11) is 0. The van der Waals surface area contributed by atoms with Gasteiger partial charge in [-0.3, -0.25) is 9.69 Å². The van der Waals surface area contributed by atoms with Crippen molar-refractivity contribution >= 4 is 11.6 Å². The number of nitrogens with one attached hydrogen (secondary N) is 1. The number of aromatic nitrogens is 2. The fourth-order valence-electron chi connectivity index (χ4n) is 3.57. The lowest BCUT2D eigenvalue weighted by molar-refractivity contribution is -0.121. The van der Waals surface area contributed by atoms with Gasteiger partial charge in [-0.15, -0.1) is 0 Å². The molecule has 1 saturated heterocycles. The highest BCUT2D eigenvalue weighted by molar-refractivity contribution is 5.92.